The molecule has 0 saturated carbocycles. The van der Waals surface area contributed by atoms with Crippen molar-refractivity contribution in [3.63, 3.8) is 0 Å². The van der Waals surface area contributed by atoms with Crippen LogP contribution >= 0.6 is 0 Å². The first-order valence-electron chi connectivity index (χ1n) is 10.1. The van der Waals surface area contributed by atoms with E-state index in [1.807, 2.05) is 0 Å². The molecule has 3 heteroatoms. The lowest BCUT2D eigenvalue weighted by molar-refractivity contribution is -0.143. The van der Waals surface area contributed by atoms with Gasteiger partial charge in [-0.1, -0.05) is 72.1 Å². The number of esters is 1. The summed E-state index contributed by atoms with van der Waals surface area (Å²) in [4.78, 5) is 14.0. The van der Waals surface area contributed by atoms with Crippen molar-refractivity contribution in [3.05, 3.63) is 0 Å². The third kappa shape index (κ3) is 16.1. The average Bonchev–Trinajstić information content (AvgIpc) is 2.56. The highest BCUT2D eigenvalue weighted by atomic mass is 16.5. The third-order valence-corrected chi connectivity index (χ3v) is 4.51. The van der Waals surface area contributed by atoms with Gasteiger partial charge in [0.25, 0.3) is 0 Å². The molecule has 0 bridgehead atoms. The smallest absolute Gasteiger partial charge is 0.305 e. The molecular weight excluding hydrogens is 286 g/mol. The van der Waals surface area contributed by atoms with Crippen molar-refractivity contribution in [1.29, 1.82) is 0 Å². The predicted octanol–water partition coefficient (Wildman–Crippen LogP) is 5.57. The van der Waals surface area contributed by atoms with Crippen LogP contribution in [0.3, 0.4) is 0 Å². The summed E-state index contributed by atoms with van der Waals surface area (Å²) in [5.74, 6) is -0.0101. The molecular formula is C20H41NO2. The van der Waals surface area contributed by atoms with E-state index in [2.05, 4.69) is 25.7 Å². The van der Waals surface area contributed by atoms with Gasteiger partial charge in [0, 0.05) is 6.42 Å². The van der Waals surface area contributed by atoms with Gasteiger partial charge in [0.05, 0.1) is 6.61 Å². The molecule has 0 N–H and O–H groups in total. The van der Waals surface area contributed by atoms with Crippen LogP contribution in [0.2, 0.25) is 0 Å². The summed E-state index contributed by atoms with van der Waals surface area (Å²) in [5.41, 5.74) is 0. The highest BCUT2D eigenvalue weighted by Crippen LogP contribution is 2.09. The van der Waals surface area contributed by atoms with E-state index in [1.54, 1.807) is 0 Å². The van der Waals surface area contributed by atoms with E-state index in [0.29, 0.717) is 13.0 Å². The summed E-state index contributed by atoms with van der Waals surface area (Å²) in [5, 5.41) is 0. The molecule has 3 nitrogen and oxygen atoms in total. The van der Waals surface area contributed by atoms with Crippen molar-refractivity contribution in [1.82, 2.24) is 4.90 Å². The van der Waals surface area contributed by atoms with Crippen LogP contribution in [0, 0.1) is 0 Å². The van der Waals surface area contributed by atoms with Gasteiger partial charge in [-0.05, 0) is 38.9 Å². The molecule has 0 amide bonds. The van der Waals surface area contributed by atoms with Crippen molar-refractivity contribution < 1.29 is 9.53 Å². The molecule has 0 fully saturated rings. The number of hydrogen-bond acceptors (Lipinski definition) is 3. The van der Waals surface area contributed by atoms with Crippen LogP contribution in [0.1, 0.15) is 97.8 Å². The third-order valence-electron chi connectivity index (χ3n) is 4.51. The number of rotatable bonds is 17. The van der Waals surface area contributed by atoms with E-state index in [0.717, 1.165) is 38.9 Å². The summed E-state index contributed by atoms with van der Waals surface area (Å²) in [6, 6.07) is 0. The number of carbonyl (C=O) groups is 1. The van der Waals surface area contributed by atoms with E-state index >= 15 is 0 Å². The fourth-order valence-corrected chi connectivity index (χ4v) is 2.82. The van der Waals surface area contributed by atoms with Crippen molar-refractivity contribution in [2.24, 2.45) is 0 Å². The maximum atomic E-state index is 11.6. The molecule has 0 radical (unpaired) electrons. The first-order chi connectivity index (χ1) is 11.2. The summed E-state index contributed by atoms with van der Waals surface area (Å²) in [6.07, 6.45) is 14.3. The molecule has 23 heavy (non-hydrogen) atoms. The minimum absolute atomic E-state index is 0.0101. The predicted molar refractivity (Wildman–Crippen MR) is 99.8 cm³/mol. The molecule has 0 aromatic rings. The molecule has 0 aliphatic rings. The topological polar surface area (TPSA) is 29.5 Å². The monoisotopic (exact) mass is 327 g/mol. The number of carbonyl (C=O) groups excluding carboxylic acids is 1. The Balaban J connectivity index is 3.24. The van der Waals surface area contributed by atoms with Crippen LogP contribution in [0.4, 0.5) is 0 Å². The van der Waals surface area contributed by atoms with Crippen molar-refractivity contribution in [3.8, 4) is 0 Å². The van der Waals surface area contributed by atoms with Crippen molar-refractivity contribution in [2.75, 3.05) is 26.2 Å². The molecule has 0 rings (SSSR count). The van der Waals surface area contributed by atoms with E-state index in [9.17, 15) is 4.79 Å². The summed E-state index contributed by atoms with van der Waals surface area (Å²) < 4.78 is 5.31. The summed E-state index contributed by atoms with van der Waals surface area (Å²) in [6.45, 7) is 10.5. The van der Waals surface area contributed by atoms with E-state index < -0.39 is 0 Å². The number of nitrogens with zero attached hydrogens (tertiary/aromatic N) is 1. The lowest BCUT2D eigenvalue weighted by Crippen LogP contribution is -2.24. The number of hydrogen-bond donors (Lipinski definition) is 0. The molecule has 0 unspecified atom stereocenters. The van der Waals surface area contributed by atoms with Gasteiger partial charge in [0.15, 0.2) is 0 Å². The standard InChI is InChI=1S/C20H41NO2/c1-4-7-8-9-10-11-12-13-16-19-23-20(22)17-14-15-18-21(5-2)6-3/h4-19H2,1-3H3. The lowest BCUT2D eigenvalue weighted by atomic mass is 10.1. The second-order valence-corrected chi connectivity index (χ2v) is 6.53. The van der Waals surface area contributed by atoms with E-state index in [1.165, 1.54) is 51.4 Å². The van der Waals surface area contributed by atoms with Crippen LogP contribution in [0.15, 0.2) is 0 Å². The molecule has 0 aromatic carbocycles. The van der Waals surface area contributed by atoms with Gasteiger partial charge in [0.1, 0.15) is 0 Å². The van der Waals surface area contributed by atoms with Gasteiger partial charge in [-0.25, -0.2) is 0 Å². The molecule has 0 aromatic heterocycles. The number of ether oxygens (including phenoxy) is 1. The minimum Gasteiger partial charge on any atom is -0.466 e. The fraction of sp³-hybridized carbons (Fsp3) is 0.950. The van der Waals surface area contributed by atoms with Gasteiger partial charge in [-0.2, -0.15) is 0 Å². The highest BCUT2D eigenvalue weighted by Gasteiger charge is 2.04. The zero-order valence-corrected chi connectivity index (χ0v) is 16.1. The first kappa shape index (κ1) is 22.4. The fourth-order valence-electron chi connectivity index (χ4n) is 2.82. The van der Waals surface area contributed by atoms with Gasteiger partial charge in [-0.3, -0.25) is 4.79 Å². The largest absolute Gasteiger partial charge is 0.466 e. The Morgan fingerprint density at radius 2 is 1.30 bits per heavy atom. The van der Waals surface area contributed by atoms with E-state index in [-0.39, 0.29) is 5.97 Å². The Morgan fingerprint density at radius 1 is 0.739 bits per heavy atom. The molecule has 0 spiro atoms. The van der Waals surface area contributed by atoms with Crippen LogP contribution in [-0.2, 0) is 9.53 Å². The normalized spacial score (nSPS) is 11.1. The Kier molecular flexibility index (Phi) is 17.3. The maximum Gasteiger partial charge on any atom is 0.305 e. The highest BCUT2D eigenvalue weighted by molar-refractivity contribution is 5.69. The van der Waals surface area contributed by atoms with Crippen LogP contribution in [0.25, 0.3) is 0 Å². The summed E-state index contributed by atoms with van der Waals surface area (Å²) >= 11 is 0. The average molecular weight is 328 g/mol. The van der Waals surface area contributed by atoms with Crippen LogP contribution in [0.5, 0.6) is 0 Å². The molecule has 0 aliphatic heterocycles. The van der Waals surface area contributed by atoms with Gasteiger partial charge in [0.2, 0.25) is 0 Å². The van der Waals surface area contributed by atoms with Gasteiger partial charge >= 0.3 is 5.97 Å². The Labute approximate surface area is 145 Å². The molecule has 0 aliphatic carbocycles. The molecule has 0 atom stereocenters. The summed E-state index contributed by atoms with van der Waals surface area (Å²) in [7, 11) is 0. The number of unbranched alkanes of at least 4 members (excludes halogenated alkanes) is 9. The van der Waals surface area contributed by atoms with Gasteiger partial charge < -0.3 is 9.64 Å². The molecule has 0 heterocycles. The SMILES string of the molecule is CCCCCCCCCCCOC(=O)CCCCN(CC)CC. The van der Waals surface area contributed by atoms with Crippen molar-refractivity contribution >= 4 is 5.97 Å². The van der Waals surface area contributed by atoms with Crippen LogP contribution < -0.4 is 0 Å². The Bertz CT molecular complexity index is 252. The van der Waals surface area contributed by atoms with Crippen molar-refractivity contribution in [2.45, 2.75) is 97.8 Å². The van der Waals surface area contributed by atoms with E-state index in [4.69, 9.17) is 4.74 Å². The zero-order valence-electron chi connectivity index (χ0n) is 16.1. The zero-order chi connectivity index (χ0) is 17.2. The van der Waals surface area contributed by atoms with Crippen LogP contribution in [-0.4, -0.2) is 37.1 Å². The van der Waals surface area contributed by atoms with Gasteiger partial charge in [-0.15, -0.1) is 0 Å². The first-order valence-corrected chi connectivity index (χ1v) is 10.1. The maximum absolute atomic E-state index is 11.6. The minimum atomic E-state index is -0.0101. The molecule has 138 valence electrons. The second-order valence-electron chi connectivity index (χ2n) is 6.53. The quantitative estimate of drug-likeness (QED) is 0.258. The second kappa shape index (κ2) is 17.8. The lowest BCUT2D eigenvalue weighted by Gasteiger charge is -2.17. The Morgan fingerprint density at radius 3 is 1.87 bits per heavy atom. The Hall–Kier alpha value is -0.570. The molecule has 0 saturated heterocycles.